The number of carbonyl (C=O) groups is 1. The topological polar surface area (TPSA) is 42.2 Å². The summed E-state index contributed by atoms with van der Waals surface area (Å²) in [5.41, 5.74) is 1.72. The summed E-state index contributed by atoms with van der Waals surface area (Å²) in [5, 5.41) is 10.6. The molecule has 0 atom stereocenters. The Bertz CT molecular complexity index is 490. The van der Waals surface area contributed by atoms with Crippen LogP contribution < -0.4 is 0 Å². The average molecular weight is 254 g/mol. The number of fused-ring (bicyclic) bond motifs is 1. The summed E-state index contributed by atoms with van der Waals surface area (Å²) in [6, 6.07) is 7.46. The number of para-hydroxylation sites is 1. The predicted octanol–water partition coefficient (Wildman–Crippen LogP) is 3.06. The summed E-state index contributed by atoms with van der Waals surface area (Å²) in [6.07, 6.45) is 0.690. The van der Waals surface area contributed by atoms with Crippen molar-refractivity contribution in [3.63, 3.8) is 0 Å². The second-order valence-corrected chi connectivity index (χ2v) is 3.52. The van der Waals surface area contributed by atoms with Gasteiger partial charge in [0.2, 0.25) is 0 Å². The minimum Gasteiger partial charge on any atom is -0.464 e. The van der Waals surface area contributed by atoms with Crippen molar-refractivity contribution in [1.29, 1.82) is 0 Å². The molecule has 3 nitrogen and oxygen atoms in total. The number of halogens is 1. The van der Waals surface area contributed by atoms with Gasteiger partial charge in [-0.15, -0.1) is 0 Å². The molecule has 0 radical (unpaired) electrons. The second kappa shape index (κ2) is 3.46. The molecule has 4 heteroatoms. The fraction of sp³-hybridized carbons (Fsp3) is 0.100. The molecule has 0 amide bonds. The molecule has 72 valence electrons. The SMILES string of the molecule is O=C(O)n1cc(CBr)c2ccccc21. The van der Waals surface area contributed by atoms with Crippen LogP contribution in [-0.4, -0.2) is 15.8 Å². The normalized spacial score (nSPS) is 10.6. The summed E-state index contributed by atoms with van der Waals surface area (Å²) < 4.78 is 1.24. The Morgan fingerprint density at radius 2 is 2.14 bits per heavy atom. The van der Waals surface area contributed by atoms with Gasteiger partial charge in [-0.3, -0.25) is 4.57 Å². The van der Waals surface area contributed by atoms with Crippen molar-refractivity contribution in [3.8, 4) is 0 Å². The quantitative estimate of drug-likeness (QED) is 0.794. The molecule has 0 unspecified atom stereocenters. The Hall–Kier alpha value is -1.29. The minimum absolute atomic E-state index is 0.661. The van der Waals surface area contributed by atoms with Crippen LogP contribution in [0.25, 0.3) is 10.9 Å². The lowest BCUT2D eigenvalue weighted by molar-refractivity contribution is 0.197. The van der Waals surface area contributed by atoms with Crippen LogP contribution in [0.4, 0.5) is 4.79 Å². The first-order chi connectivity index (χ1) is 6.74. The van der Waals surface area contributed by atoms with Gasteiger partial charge in [-0.05, 0) is 11.6 Å². The van der Waals surface area contributed by atoms with Gasteiger partial charge in [0.15, 0.2) is 0 Å². The van der Waals surface area contributed by atoms with Crippen LogP contribution in [-0.2, 0) is 5.33 Å². The zero-order valence-corrected chi connectivity index (χ0v) is 8.86. The highest BCUT2D eigenvalue weighted by molar-refractivity contribution is 9.08. The van der Waals surface area contributed by atoms with Crippen LogP contribution in [0.15, 0.2) is 30.5 Å². The van der Waals surface area contributed by atoms with Gasteiger partial charge in [0.1, 0.15) is 0 Å². The van der Waals surface area contributed by atoms with Crippen LogP contribution in [0.2, 0.25) is 0 Å². The minimum atomic E-state index is -0.951. The van der Waals surface area contributed by atoms with Gasteiger partial charge in [-0.2, -0.15) is 0 Å². The number of hydrogen-bond acceptors (Lipinski definition) is 1. The van der Waals surface area contributed by atoms with Crippen LogP contribution in [0, 0.1) is 0 Å². The Morgan fingerprint density at radius 1 is 1.43 bits per heavy atom. The van der Waals surface area contributed by atoms with E-state index in [1.54, 1.807) is 12.3 Å². The number of nitrogens with zero attached hydrogens (tertiary/aromatic N) is 1. The van der Waals surface area contributed by atoms with E-state index in [-0.39, 0.29) is 0 Å². The summed E-state index contributed by atoms with van der Waals surface area (Å²) in [5.74, 6) is 0. The highest BCUT2D eigenvalue weighted by Gasteiger charge is 2.10. The van der Waals surface area contributed by atoms with E-state index < -0.39 is 6.09 Å². The molecule has 2 rings (SSSR count). The first-order valence-corrected chi connectivity index (χ1v) is 5.24. The molecule has 14 heavy (non-hydrogen) atoms. The maximum Gasteiger partial charge on any atom is 0.416 e. The lowest BCUT2D eigenvalue weighted by Crippen LogP contribution is -2.05. The molecule has 0 spiro atoms. The molecule has 0 aliphatic carbocycles. The summed E-state index contributed by atoms with van der Waals surface area (Å²) in [7, 11) is 0. The van der Waals surface area contributed by atoms with Crippen molar-refractivity contribution in [3.05, 3.63) is 36.0 Å². The van der Waals surface area contributed by atoms with Crippen molar-refractivity contribution in [1.82, 2.24) is 4.57 Å². The Kier molecular flexibility index (Phi) is 2.29. The third-order valence-electron chi connectivity index (χ3n) is 2.14. The smallest absolute Gasteiger partial charge is 0.416 e. The molecule has 0 aliphatic rings. The van der Waals surface area contributed by atoms with E-state index in [9.17, 15) is 4.79 Å². The van der Waals surface area contributed by atoms with Crippen LogP contribution in [0.1, 0.15) is 5.56 Å². The molecule has 0 aliphatic heterocycles. The fourth-order valence-corrected chi connectivity index (χ4v) is 1.96. The molecule has 0 saturated heterocycles. The Labute approximate surface area is 89.1 Å². The molecular formula is C10H8BrNO2. The number of rotatable bonds is 1. The van der Waals surface area contributed by atoms with E-state index in [1.807, 2.05) is 18.2 Å². The maximum atomic E-state index is 10.9. The number of carboxylic acid groups (broad SMARTS) is 1. The van der Waals surface area contributed by atoms with Crippen molar-refractivity contribution in [2.75, 3.05) is 0 Å². The number of alkyl halides is 1. The van der Waals surface area contributed by atoms with E-state index in [2.05, 4.69) is 15.9 Å². The Morgan fingerprint density at radius 3 is 2.79 bits per heavy atom. The number of benzene rings is 1. The molecule has 0 saturated carbocycles. The Balaban J connectivity index is 2.80. The van der Waals surface area contributed by atoms with Crippen LogP contribution >= 0.6 is 15.9 Å². The summed E-state index contributed by atoms with van der Waals surface area (Å²) in [6.45, 7) is 0. The van der Waals surface area contributed by atoms with Crippen molar-refractivity contribution in [2.45, 2.75) is 5.33 Å². The maximum absolute atomic E-state index is 10.9. The van der Waals surface area contributed by atoms with Gasteiger partial charge in [0, 0.05) is 16.9 Å². The lowest BCUT2D eigenvalue weighted by atomic mass is 10.2. The first-order valence-electron chi connectivity index (χ1n) is 4.12. The van der Waals surface area contributed by atoms with E-state index in [0.717, 1.165) is 16.5 Å². The van der Waals surface area contributed by atoms with Gasteiger partial charge in [0.25, 0.3) is 0 Å². The standard InChI is InChI=1S/C10H8BrNO2/c11-5-7-6-12(10(13)14)9-4-2-1-3-8(7)9/h1-4,6H,5H2,(H,13,14). The third-order valence-corrected chi connectivity index (χ3v) is 2.75. The molecule has 1 aromatic heterocycles. The van der Waals surface area contributed by atoms with Gasteiger partial charge in [-0.25, -0.2) is 4.79 Å². The van der Waals surface area contributed by atoms with Crippen molar-refractivity contribution >= 4 is 32.9 Å². The lowest BCUT2D eigenvalue weighted by Gasteiger charge is -1.95. The van der Waals surface area contributed by atoms with Crippen molar-refractivity contribution in [2.24, 2.45) is 0 Å². The predicted molar refractivity (Wildman–Crippen MR) is 58.0 cm³/mol. The molecular weight excluding hydrogens is 246 g/mol. The zero-order valence-electron chi connectivity index (χ0n) is 7.27. The summed E-state index contributed by atoms with van der Waals surface area (Å²) in [4.78, 5) is 10.9. The molecule has 2 aromatic rings. The molecule has 1 heterocycles. The highest BCUT2D eigenvalue weighted by atomic mass is 79.9. The molecule has 1 N–H and O–H groups in total. The summed E-state index contributed by atoms with van der Waals surface area (Å²) >= 11 is 3.33. The third kappa shape index (κ3) is 1.32. The van der Waals surface area contributed by atoms with Crippen LogP contribution in [0.5, 0.6) is 0 Å². The highest BCUT2D eigenvalue weighted by Crippen LogP contribution is 2.22. The van der Waals surface area contributed by atoms with E-state index in [0.29, 0.717) is 5.33 Å². The van der Waals surface area contributed by atoms with E-state index >= 15 is 0 Å². The van der Waals surface area contributed by atoms with Gasteiger partial charge >= 0.3 is 6.09 Å². The second-order valence-electron chi connectivity index (χ2n) is 2.96. The number of hydrogen-bond donors (Lipinski definition) is 1. The van der Waals surface area contributed by atoms with Gasteiger partial charge in [0.05, 0.1) is 5.52 Å². The largest absolute Gasteiger partial charge is 0.464 e. The number of aromatic nitrogens is 1. The molecule has 1 aromatic carbocycles. The van der Waals surface area contributed by atoms with Gasteiger partial charge < -0.3 is 5.11 Å². The van der Waals surface area contributed by atoms with E-state index in [1.165, 1.54) is 4.57 Å². The molecule has 0 bridgehead atoms. The van der Waals surface area contributed by atoms with Gasteiger partial charge in [-0.1, -0.05) is 34.1 Å². The average Bonchev–Trinajstić information content (AvgIpc) is 2.56. The first kappa shape index (κ1) is 9.27. The molecule has 0 fully saturated rings. The van der Waals surface area contributed by atoms with Crippen LogP contribution in [0.3, 0.4) is 0 Å². The van der Waals surface area contributed by atoms with E-state index in [4.69, 9.17) is 5.11 Å². The fourth-order valence-electron chi connectivity index (χ4n) is 1.51. The van der Waals surface area contributed by atoms with Crippen molar-refractivity contribution < 1.29 is 9.90 Å². The zero-order chi connectivity index (χ0) is 10.1. The monoisotopic (exact) mass is 253 g/mol.